The summed E-state index contributed by atoms with van der Waals surface area (Å²) < 4.78 is 10.5. The molecule has 9 heteroatoms. The first-order valence-corrected chi connectivity index (χ1v) is 9.17. The van der Waals surface area contributed by atoms with Crippen molar-refractivity contribution in [2.45, 2.75) is 13.8 Å². The fourth-order valence-electron chi connectivity index (χ4n) is 2.75. The fourth-order valence-corrected chi connectivity index (χ4v) is 3.59. The molecular formula is C19H15N3O5S. The van der Waals surface area contributed by atoms with Crippen molar-refractivity contribution in [3.8, 4) is 11.5 Å². The molecule has 0 radical (unpaired) electrons. The van der Waals surface area contributed by atoms with Crippen molar-refractivity contribution in [3.63, 3.8) is 0 Å². The number of ether oxygens (including phenoxy) is 2. The van der Waals surface area contributed by atoms with Crippen molar-refractivity contribution in [1.82, 2.24) is 5.32 Å². The highest BCUT2D eigenvalue weighted by atomic mass is 32.2. The third-order valence-electron chi connectivity index (χ3n) is 4.38. The average Bonchev–Trinajstić information content (AvgIpc) is 3.23. The number of carbonyl (C=O) groups excluding carboxylic acids is 1. The molecule has 1 amide bonds. The van der Waals surface area contributed by atoms with E-state index in [4.69, 9.17) is 9.47 Å². The third kappa shape index (κ3) is 3.44. The Balaban J connectivity index is 1.66. The molecule has 4 rings (SSSR count). The Bertz CT molecular complexity index is 1080. The predicted octanol–water partition coefficient (Wildman–Crippen LogP) is 3.83. The molecule has 2 aliphatic rings. The van der Waals surface area contributed by atoms with E-state index in [-0.39, 0.29) is 24.0 Å². The van der Waals surface area contributed by atoms with Gasteiger partial charge in [-0.3, -0.25) is 14.9 Å². The Morgan fingerprint density at radius 3 is 2.64 bits per heavy atom. The van der Waals surface area contributed by atoms with E-state index in [0.717, 1.165) is 28.6 Å². The van der Waals surface area contributed by atoms with Crippen molar-refractivity contribution in [2.75, 3.05) is 6.79 Å². The van der Waals surface area contributed by atoms with Gasteiger partial charge in [-0.2, -0.15) is 0 Å². The Morgan fingerprint density at radius 2 is 1.93 bits per heavy atom. The zero-order valence-corrected chi connectivity index (χ0v) is 15.8. The van der Waals surface area contributed by atoms with Gasteiger partial charge in [0.05, 0.1) is 27.1 Å². The summed E-state index contributed by atoms with van der Waals surface area (Å²) in [4.78, 5) is 27.9. The number of aliphatic imine (C=N–C) groups is 1. The summed E-state index contributed by atoms with van der Waals surface area (Å²) in [7, 11) is 0. The molecule has 142 valence electrons. The van der Waals surface area contributed by atoms with Crippen molar-refractivity contribution < 1.29 is 19.2 Å². The summed E-state index contributed by atoms with van der Waals surface area (Å²) in [6.07, 6.45) is 1.46. The van der Waals surface area contributed by atoms with Gasteiger partial charge in [0.25, 0.3) is 11.6 Å². The maximum Gasteiger partial charge on any atom is 0.280 e. The van der Waals surface area contributed by atoms with Crippen LogP contribution in [-0.2, 0) is 4.79 Å². The van der Waals surface area contributed by atoms with E-state index in [2.05, 4.69) is 10.3 Å². The molecular weight excluding hydrogens is 382 g/mol. The van der Waals surface area contributed by atoms with Gasteiger partial charge < -0.3 is 14.8 Å². The number of amidine groups is 1. The van der Waals surface area contributed by atoms with E-state index >= 15 is 0 Å². The lowest BCUT2D eigenvalue weighted by molar-refractivity contribution is -0.385. The molecule has 0 atom stereocenters. The van der Waals surface area contributed by atoms with Crippen LogP contribution in [0.4, 0.5) is 11.4 Å². The van der Waals surface area contributed by atoms with Crippen molar-refractivity contribution >= 4 is 40.3 Å². The van der Waals surface area contributed by atoms with Crippen LogP contribution >= 0.6 is 11.8 Å². The second-order valence-corrected chi connectivity index (χ2v) is 7.30. The van der Waals surface area contributed by atoms with Gasteiger partial charge in [-0.25, -0.2) is 4.99 Å². The standard InChI is InChI=1S/C19H15N3O5S/c1-10-3-4-13(5-11(10)2)20-19-21-18(23)17(28-19)7-12-6-15-16(27-9-26-15)8-14(12)22(24)25/h3-8H,9H2,1-2H3,(H,20,21,23)/b17-7+. The summed E-state index contributed by atoms with van der Waals surface area (Å²) in [5.74, 6) is 0.360. The zero-order chi connectivity index (χ0) is 19.8. The van der Waals surface area contributed by atoms with E-state index in [0.29, 0.717) is 21.6 Å². The molecule has 1 fully saturated rings. The number of aryl methyl sites for hydroxylation is 2. The number of hydrogen-bond acceptors (Lipinski definition) is 7. The van der Waals surface area contributed by atoms with Gasteiger partial charge in [-0.1, -0.05) is 6.07 Å². The van der Waals surface area contributed by atoms with Crippen LogP contribution in [0.5, 0.6) is 11.5 Å². The number of fused-ring (bicyclic) bond motifs is 1. The molecule has 2 aliphatic heterocycles. The number of nitrogens with one attached hydrogen (secondary N) is 1. The molecule has 2 aromatic carbocycles. The van der Waals surface area contributed by atoms with Crippen LogP contribution in [0.15, 0.2) is 40.2 Å². The van der Waals surface area contributed by atoms with E-state index in [1.165, 1.54) is 18.2 Å². The molecule has 0 aromatic heterocycles. The molecule has 0 saturated carbocycles. The highest BCUT2D eigenvalue weighted by molar-refractivity contribution is 8.18. The van der Waals surface area contributed by atoms with E-state index < -0.39 is 4.92 Å². The number of nitro groups is 1. The maximum atomic E-state index is 12.3. The molecule has 1 N–H and O–H groups in total. The first kappa shape index (κ1) is 18.1. The van der Waals surface area contributed by atoms with E-state index in [1.807, 2.05) is 32.0 Å². The Hall–Kier alpha value is -3.33. The second-order valence-electron chi connectivity index (χ2n) is 6.27. The lowest BCUT2D eigenvalue weighted by Crippen LogP contribution is -2.19. The van der Waals surface area contributed by atoms with Crippen molar-refractivity contribution in [2.24, 2.45) is 4.99 Å². The fraction of sp³-hybridized carbons (Fsp3) is 0.158. The van der Waals surface area contributed by atoms with Crippen LogP contribution in [0.25, 0.3) is 6.08 Å². The van der Waals surface area contributed by atoms with E-state index in [1.54, 1.807) is 0 Å². The number of thioether (sulfide) groups is 1. The van der Waals surface area contributed by atoms with Gasteiger partial charge in [0.2, 0.25) is 6.79 Å². The van der Waals surface area contributed by atoms with Crippen LogP contribution < -0.4 is 14.8 Å². The second kappa shape index (κ2) is 7.01. The topological polar surface area (TPSA) is 103 Å². The number of nitro benzene ring substituents is 1. The summed E-state index contributed by atoms with van der Waals surface area (Å²) in [5, 5.41) is 14.5. The number of amides is 1. The van der Waals surface area contributed by atoms with Crippen molar-refractivity contribution in [3.05, 3.63) is 62.0 Å². The summed E-state index contributed by atoms with van der Waals surface area (Å²) in [6, 6.07) is 8.56. The third-order valence-corrected chi connectivity index (χ3v) is 5.29. The number of carbonyl (C=O) groups is 1. The van der Waals surface area contributed by atoms with Crippen molar-refractivity contribution in [1.29, 1.82) is 0 Å². The molecule has 0 aliphatic carbocycles. The van der Waals surface area contributed by atoms with Crippen LogP contribution in [0.2, 0.25) is 0 Å². The van der Waals surface area contributed by atoms with Gasteiger partial charge >= 0.3 is 0 Å². The Kier molecular flexibility index (Phi) is 4.52. The lowest BCUT2D eigenvalue weighted by atomic mass is 10.1. The lowest BCUT2D eigenvalue weighted by Gasteiger charge is -2.02. The molecule has 8 nitrogen and oxygen atoms in total. The molecule has 1 saturated heterocycles. The Labute approximate surface area is 164 Å². The van der Waals surface area contributed by atoms with Gasteiger partial charge in [0.15, 0.2) is 16.7 Å². The number of benzene rings is 2. The predicted molar refractivity (Wildman–Crippen MR) is 106 cm³/mol. The average molecular weight is 397 g/mol. The van der Waals surface area contributed by atoms with Crippen LogP contribution in [0, 0.1) is 24.0 Å². The minimum Gasteiger partial charge on any atom is -0.454 e. The molecule has 0 spiro atoms. The minimum absolute atomic E-state index is 0.00845. The first-order chi connectivity index (χ1) is 13.4. The highest BCUT2D eigenvalue weighted by Gasteiger charge is 2.27. The van der Waals surface area contributed by atoms with Gasteiger partial charge in [-0.15, -0.1) is 0 Å². The minimum atomic E-state index is -0.518. The summed E-state index contributed by atoms with van der Waals surface area (Å²) in [6.45, 7) is 4.01. The van der Waals surface area contributed by atoms with E-state index in [9.17, 15) is 14.9 Å². The van der Waals surface area contributed by atoms with Crippen LogP contribution in [-0.4, -0.2) is 22.8 Å². The van der Waals surface area contributed by atoms with Gasteiger partial charge in [0.1, 0.15) is 0 Å². The number of hydrogen-bond donors (Lipinski definition) is 1. The molecule has 0 bridgehead atoms. The highest BCUT2D eigenvalue weighted by Crippen LogP contribution is 2.40. The number of rotatable bonds is 3. The smallest absolute Gasteiger partial charge is 0.280 e. The van der Waals surface area contributed by atoms with Gasteiger partial charge in [-0.05, 0) is 61.0 Å². The maximum absolute atomic E-state index is 12.3. The number of nitrogens with zero attached hydrogens (tertiary/aromatic N) is 2. The summed E-state index contributed by atoms with van der Waals surface area (Å²) in [5.41, 5.74) is 3.08. The van der Waals surface area contributed by atoms with Gasteiger partial charge in [0, 0.05) is 0 Å². The molecule has 2 heterocycles. The zero-order valence-electron chi connectivity index (χ0n) is 15.0. The largest absolute Gasteiger partial charge is 0.454 e. The Morgan fingerprint density at radius 1 is 1.18 bits per heavy atom. The summed E-state index contributed by atoms with van der Waals surface area (Å²) >= 11 is 1.13. The monoisotopic (exact) mass is 397 g/mol. The first-order valence-electron chi connectivity index (χ1n) is 8.35. The van der Waals surface area contributed by atoms with Crippen LogP contribution in [0.1, 0.15) is 16.7 Å². The molecule has 0 unspecified atom stereocenters. The van der Waals surface area contributed by atoms with Crippen LogP contribution in [0.3, 0.4) is 0 Å². The quantitative estimate of drug-likeness (QED) is 0.480. The normalized spacial score (nSPS) is 18.0. The molecule has 2 aromatic rings. The SMILES string of the molecule is Cc1ccc(N=C2NC(=O)/C(=C\c3cc4c(cc3[N+](=O)[O-])OCO4)S2)cc1C. The molecule has 28 heavy (non-hydrogen) atoms.